The first-order chi connectivity index (χ1) is 9.97. The zero-order chi connectivity index (χ0) is 15.5. The molecule has 114 valence electrons. The van der Waals surface area contributed by atoms with Gasteiger partial charge in [-0.15, -0.1) is 0 Å². The van der Waals surface area contributed by atoms with Crippen molar-refractivity contribution in [3.63, 3.8) is 0 Å². The molecule has 0 saturated carbocycles. The van der Waals surface area contributed by atoms with E-state index in [9.17, 15) is 8.42 Å². The molecule has 6 nitrogen and oxygen atoms in total. The molecule has 2 aromatic rings. The third-order valence-electron chi connectivity index (χ3n) is 3.11. The zero-order valence-corrected chi connectivity index (χ0v) is 13.2. The monoisotopic (exact) mass is 308 g/mol. The van der Waals surface area contributed by atoms with Crippen molar-refractivity contribution < 1.29 is 8.42 Å². The highest BCUT2D eigenvalue weighted by molar-refractivity contribution is 7.92. The van der Waals surface area contributed by atoms with Gasteiger partial charge in [-0.2, -0.15) is 5.10 Å². The van der Waals surface area contributed by atoms with Crippen LogP contribution in [0.4, 0.5) is 5.69 Å². The summed E-state index contributed by atoms with van der Waals surface area (Å²) in [6, 6.07) is 6.96. The van der Waals surface area contributed by atoms with Crippen LogP contribution in [0.5, 0.6) is 0 Å². The molecule has 0 unspecified atom stereocenters. The molecular weight excluding hydrogens is 288 g/mol. The molecule has 0 spiro atoms. The van der Waals surface area contributed by atoms with Crippen LogP contribution in [0.15, 0.2) is 35.4 Å². The summed E-state index contributed by atoms with van der Waals surface area (Å²) in [5.41, 5.74) is 1.99. The van der Waals surface area contributed by atoms with Gasteiger partial charge in [0.15, 0.2) is 0 Å². The number of aryl methyl sites for hydroxylation is 2. The third-order valence-corrected chi connectivity index (χ3v) is 4.58. The summed E-state index contributed by atoms with van der Waals surface area (Å²) in [6.07, 6.45) is 2.34. The number of benzene rings is 1. The molecule has 0 aliphatic heterocycles. The fraction of sp³-hybridized carbons (Fsp3) is 0.357. The largest absolute Gasteiger partial charge is 0.316 e. The molecule has 1 aromatic heterocycles. The van der Waals surface area contributed by atoms with E-state index in [2.05, 4.69) is 15.1 Å². The first-order valence-electron chi connectivity index (χ1n) is 6.75. The Morgan fingerprint density at radius 1 is 1.29 bits per heavy atom. The van der Waals surface area contributed by atoms with Crippen molar-refractivity contribution in [3.05, 3.63) is 41.7 Å². The van der Waals surface area contributed by atoms with Crippen LogP contribution in [-0.2, 0) is 30.0 Å². The van der Waals surface area contributed by atoms with Gasteiger partial charge in [-0.3, -0.25) is 9.40 Å². The van der Waals surface area contributed by atoms with Gasteiger partial charge in [-0.1, -0.05) is 25.1 Å². The van der Waals surface area contributed by atoms with Crippen LogP contribution < -0.4 is 10.0 Å². The van der Waals surface area contributed by atoms with Crippen LogP contribution in [0, 0.1) is 0 Å². The van der Waals surface area contributed by atoms with Crippen LogP contribution in [0.1, 0.15) is 18.2 Å². The van der Waals surface area contributed by atoms with Gasteiger partial charge in [0.1, 0.15) is 0 Å². The van der Waals surface area contributed by atoms with Crippen LogP contribution in [0.3, 0.4) is 0 Å². The fourth-order valence-electron chi connectivity index (χ4n) is 2.18. The van der Waals surface area contributed by atoms with Crippen LogP contribution in [0.2, 0.25) is 0 Å². The van der Waals surface area contributed by atoms with Gasteiger partial charge in [0.2, 0.25) is 0 Å². The lowest BCUT2D eigenvalue weighted by molar-refractivity contribution is 0.599. The Morgan fingerprint density at radius 3 is 2.67 bits per heavy atom. The van der Waals surface area contributed by atoms with Crippen molar-refractivity contribution in [3.8, 4) is 0 Å². The van der Waals surface area contributed by atoms with Gasteiger partial charge < -0.3 is 5.32 Å². The number of hydrogen-bond donors (Lipinski definition) is 2. The molecule has 0 fully saturated rings. The predicted octanol–water partition coefficient (Wildman–Crippen LogP) is 1.50. The van der Waals surface area contributed by atoms with E-state index in [4.69, 9.17) is 0 Å². The molecule has 0 radical (unpaired) electrons. The lowest BCUT2D eigenvalue weighted by Gasteiger charge is -2.11. The number of rotatable bonds is 6. The van der Waals surface area contributed by atoms with Crippen LogP contribution in [-0.4, -0.2) is 25.2 Å². The minimum absolute atomic E-state index is 0.283. The Kier molecular flexibility index (Phi) is 4.64. The maximum atomic E-state index is 12.6. The Labute approximate surface area is 125 Å². The standard InChI is InChI=1S/C14H20N4O2S/c1-4-12-13(10-18(3)16-12)17-21(19,20)14-8-6-5-7-11(14)9-15-2/h5-8,10,15,17H,4,9H2,1-3H3. The molecule has 7 heteroatoms. The normalized spacial score (nSPS) is 11.6. The molecule has 0 amide bonds. The quantitative estimate of drug-likeness (QED) is 0.848. The molecule has 0 aliphatic rings. The van der Waals surface area contributed by atoms with Gasteiger partial charge in [-0.25, -0.2) is 8.42 Å². The summed E-state index contributed by atoms with van der Waals surface area (Å²) >= 11 is 0. The van der Waals surface area contributed by atoms with E-state index in [1.807, 2.05) is 13.0 Å². The second kappa shape index (κ2) is 6.28. The smallest absolute Gasteiger partial charge is 0.262 e. The van der Waals surface area contributed by atoms with Crippen molar-refractivity contribution in [1.29, 1.82) is 0 Å². The number of aromatic nitrogens is 2. The summed E-state index contributed by atoms with van der Waals surface area (Å²) in [4.78, 5) is 0.283. The van der Waals surface area contributed by atoms with E-state index >= 15 is 0 Å². The highest BCUT2D eigenvalue weighted by Crippen LogP contribution is 2.22. The van der Waals surface area contributed by atoms with Crippen molar-refractivity contribution in [1.82, 2.24) is 15.1 Å². The van der Waals surface area contributed by atoms with Crippen molar-refractivity contribution in [2.24, 2.45) is 7.05 Å². The van der Waals surface area contributed by atoms with Crippen molar-refractivity contribution >= 4 is 15.7 Å². The van der Waals surface area contributed by atoms with Gasteiger partial charge in [0.05, 0.1) is 16.3 Å². The first kappa shape index (κ1) is 15.5. The SMILES string of the molecule is CCc1nn(C)cc1NS(=O)(=O)c1ccccc1CNC. The number of anilines is 1. The van der Waals surface area contributed by atoms with Gasteiger partial charge in [0, 0.05) is 19.8 Å². The van der Waals surface area contributed by atoms with Gasteiger partial charge in [0.25, 0.3) is 10.0 Å². The second-order valence-electron chi connectivity index (χ2n) is 4.76. The molecule has 2 N–H and O–H groups in total. The highest BCUT2D eigenvalue weighted by Gasteiger charge is 2.20. The molecule has 0 saturated heterocycles. The summed E-state index contributed by atoms with van der Waals surface area (Å²) in [5.74, 6) is 0. The topological polar surface area (TPSA) is 76.0 Å². The molecule has 0 bridgehead atoms. The number of nitrogens with one attached hydrogen (secondary N) is 2. The van der Waals surface area contributed by atoms with Crippen molar-refractivity contribution in [2.45, 2.75) is 24.8 Å². The zero-order valence-electron chi connectivity index (χ0n) is 12.4. The summed E-state index contributed by atoms with van der Waals surface area (Å²) in [7, 11) is -0.0742. The van der Waals surface area contributed by atoms with Crippen LogP contribution >= 0.6 is 0 Å². The maximum Gasteiger partial charge on any atom is 0.262 e. The van der Waals surface area contributed by atoms with Crippen LogP contribution in [0.25, 0.3) is 0 Å². The average molecular weight is 308 g/mol. The van der Waals surface area contributed by atoms with E-state index in [0.29, 0.717) is 18.7 Å². The van der Waals surface area contributed by atoms with E-state index in [0.717, 1.165) is 11.3 Å². The fourth-order valence-corrected chi connectivity index (χ4v) is 3.50. The number of sulfonamides is 1. The van der Waals surface area contributed by atoms with E-state index in [-0.39, 0.29) is 4.90 Å². The lowest BCUT2D eigenvalue weighted by atomic mass is 10.2. The lowest BCUT2D eigenvalue weighted by Crippen LogP contribution is -2.17. The summed E-state index contributed by atoms with van der Waals surface area (Å²) in [6.45, 7) is 2.43. The average Bonchev–Trinajstić information content (AvgIpc) is 2.79. The molecule has 21 heavy (non-hydrogen) atoms. The number of nitrogens with zero attached hydrogens (tertiary/aromatic N) is 2. The molecule has 1 aromatic carbocycles. The Hall–Kier alpha value is -1.86. The Morgan fingerprint density at radius 2 is 2.00 bits per heavy atom. The van der Waals surface area contributed by atoms with E-state index < -0.39 is 10.0 Å². The summed E-state index contributed by atoms with van der Waals surface area (Å²) < 4.78 is 29.4. The molecule has 2 rings (SSSR count). The third kappa shape index (κ3) is 3.43. The highest BCUT2D eigenvalue weighted by atomic mass is 32.2. The predicted molar refractivity (Wildman–Crippen MR) is 82.6 cm³/mol. The minimum atomic E-state index is -3.63. The minimum Gasteiger partial charge on any atom is -0.316 e. The molecule has 0 aliphatic carbocycles. The van der Waals surface area contributed by atoms with E-state index in [1.165, 1.54) is 0 Å². The molecular formula is C14H20N4O2S. The second-order valence-corrected chi connectivity index (χ2v) is 6.41. The Bertz CT molecular complexity index is 722. The molecule has 1 heterocycles. The maximum absolute atomic E-state index is 12.6. The van der Waals surface area contributed by atoms with Gasteiger partial charge >= 0.3 is 0 Å². The molecule has 0 atom stereocenters. The summed E-state index contributed by atoms with van der Waals surface area (Å²) in [5, 5.41) is 7.22. The van der Waals surface area contributed by atoms with Crippen molar-refractivity contribution in [2.75, 3.05) is 11.8 Å². The van der Waals surface area contributed by atoms with Gasteiger partial charge in [-0.05, 0) is 25.1 Å². The van der Waals surface area contributed by atoms with E-state index in [1.54, 1.807) is 43.2 Å². The first-order valence-corrected chi connectivity index (χ1v) is 8.24. The Balaban J connectivity index is 2.38. The number of hydrogen-bond acceptors (Lipinski definition) is 4.